The van der Waals surface area contributed by atoms with Gasteiger partial charge in [0.1, 0.15) is 12.1 Å². The molecule has 0 atom stereocenters. The second kappa shape index (κ2) is 8.36. The molecule has 1 aromatic carbocycles. The summed E-state index contributed by atoms with van der Waals surface area (Å²) in [4.78, 5) is 16.0. The van der Waals surface area contributed by atoms with Crippen molar-refractivity contribution in [2.24, 2.45) is 11.0 Å². The van der Waals surface area contributed by atoms with Gasteiger partial charge in [-0.05, 0) is 12.1 Å². The molecule has 7 nitrogen and oxygen atoms in total. The summed E-state index contributed by atoms with van der Waals surface area (Å²) in [6.45, 7) is 6.31. The Balaban J connectivity index is 2.18. The molecule has 0 saturated carbocycles. The van der Waals surface area contributed by atoms with Crippen molar-refractivity contribution < 1.29 is 4.79 Å². The number of hydrazone groups is 1. The summed E-state index contributed by atoms with van der Waals surface area (Å²) in [6.07, 6.45) is 0. The predicted molar refractivity (Wildman–Crippen MR) is 97.4 cm³/mol. The van der Waals surface area contributed by atoms with Crippen LogP contribution in [0, 0.1) is 28.6 Å². The molecule has 1 amide bonds. The van der Waals surface area contributed by atoms with Crippen LogP contribution in [0.25, 0.3) is 0 Å². The van der Waals surface area contributed by atoms with E-state index in [0.29, 0.717) is 36.9 Å². The van der Waals surface area contributed by atoms with E-state index in [4.69, 9.17) is 22.1 Å². The van der Waals surface area contributed by atoms with Crippen LogP contribution in [0.4, 0.5) is 11.4 Å². The number of amides is 1. The third-order valence-corrected chi connectivity index (χ3v) is 4.19. The van der Waals surface area contributed by atoms with Gasteiger partial charge in [0.2, 0.25) is 11.6 Å². The first-order valence-electron chi connectivity index (χ1n) is 7.94. The van der Waals surface area contributed by atoms with Gasteiger partial charge in [0.05, 0.1) is 16.4 Å². The highest BCUT2D eigenvalue weighted by Crippen LogP contribution is 2.34. The molecule has 0 bridgehead atoms. The minimum absolute atomic E-state index is 0.0196. The molecule has 2 rings (SSSR count). The number of hydrogen-bond acceptors (Lipinski definition) is 6. The number of nitriles is 2. The number of nitrogens with one attached hydrogen (secondary N) is 1. The van der Waals surface area contributed by atoms with Crippen LogP contribution < -0.4 is 10.3 Å². The van der Waals surface area contributed by atoms with E-state index in [0.717, 1.165) is 5.69 Å². The third-order valence-electron chi connectivity index (χ3n) is 3.89. The monoisotopic (exact) mass is 358 g/mol. The first-order chi connectivity index (χ1) is 12.0. The van der Waals surface area contributed by atoms with E-state index in [9.17, 15) is 4.79 Å². The lowest BCUT2D eigenvalue weighted by atomic mass is 10.1. The Morgan fingerprint density at radius 2 is 1.88 bits per heavy atom. The molecular formula is C17H19ClN6O. The molecule has 8 heteroatoms. The largest absolute Gasteiger partial charge is 0.365 e. The molecule has 1 aromatic rings. The van der Waals surface area contributed by atoms with Crippen LogP contribution in [0.2, 0.25) is 5.02 Å². The minimum Gasteiger partial charge on any atom is -0.365 e. The molecule has 25 heavy (non-hydrogen) atoms. The van der Waals surface area contributed by atoms with Crippen LogP contribution in [-0.2, 0) is 4.79 Å². The number of para-hydroxylation sites is 1. The number of hydrogen-bond donors (Lipinski definition) is 1. The first kappa shape index (κ1) is 18.6. The normalized spacial score (nSPS) is 13.8. The van der Waals surface area contributed by atoms with Crippen molar-refractivity contribution in [2.75, 3.05) is 36.5 Å². The average Bonchev–Trinajstić information content (AvgIpc) is 2.62. The molecule has 0 radical (unpaired) electrons. The highest BCUT2D eigenvalue weighted by molar-refractivity contribution is 6.34. The molecule has 1 N–H and O–H groups in total. The van der Waals surface area contributed by atoms with E-state index >= 15 is 0 Å². The third kappa shape index (κ3) is 4.40. The van der Waals surface area contributed by atoms with Crippen LogP contribution >= 0.6 is 11.6 Å². The minimum atomic E-state index is -0.265. The van der Waals surface area contributed by atoms with Crippen molar-refractivity contribution in [3.63, 3.8) is 0 Å². The molecular weight excluding hydrogens is 340 g/mol. The number of halogens is 1. The Labute approximate surface area is 152 Å². The van der Waals surface area contributed by atoms with Gasteiger partial charge in [0.25, 0.3) is 0 Å². The van der Waals surface area contributed by atoms with Crippen molar-refractivity contribution in [3.8, 4) is 12.1 Å². The zero-order valence-corrected chi connectivity index (χ0v) is 14.9. The Hall–Kier alpha value is -2.77. The fourth-order valence-corrected chi connectivity index (χ4v) is 2.93. The lowest BCUT2D eigenvalue weighted by Gasteiger charge is -2.37. The smallest absolute Gasteiger partial charge is 0.237 e. The first-order valence-corrected chi connectivity index (χ1v) is 8.32. The molecule has 1 aliphatic heterocycles. The molecule has 1 fully saturated rings. The van der Waals surface area contributed by atoms with Gasteiger partial charge in [-0.25, -0.2) is 0 Å². The molecule has 0 aliphatic carbocycles. The van der Waals surface area contributed by atoms with Crippen LogP contribution in [0.15, 0.2) is 23.3 Å². The number of piperazine rings is 1. The second-order valence-electron chi connectivity index (χ2n) is 5.90. The van der Waals surface area contributed by atoms with Gasteiger partial charge in [-0.15, -0.1) is 0 Å². The predicted octanol–water partition coefficient (Wildman–Crippen LogP) is 2.46. The summed E-state index contributed by atoms with van der Waals surface area (Å²) in [5, 5.41) is 21.9. The zero-order valence-electron chi connectivity index (χ0n) is 14.2. The molecule has 0 spiro atoms. The van der Waals surface area contributed by atoms with Crippen molar-refractivity contribution >= 4 is 34.6 Å². The quantitative estimate of drug-likeness (QED) is 0.658. The fourth-order valence-electron chi connectivity index (χ4n) is 2.63. The number of carbonyl (C=O) groups excluding carboxylic acids is 1. The van der Waals surface area contributed by atoms with Crippen molar-refractivity contribution in [1.29, 1.82) is 10.5 Å². The summed E-state index contributed by atoms with van der Waals surface area (Å²) in [7, 11) is 0. The SMILES string of the molecule is CC(C)C(=O)N1CCN(c2c(Cl)cccc2NN=C(C#N)C#N)CC1. The number of rotatable bonds is 4. The van der Waals surface area contributed by atoms with Crippen molar-refractivity contribution in [2.45, 2.75) is 13.8 Å². The van der Waals surface area contributed by atoms with E-state index in [-0.39, 0.29) is 17.5 Å². The molecule has 1 aliphatic rings. The van der Waals surface area contributed by atoms with Gasteiger partial charge in [-0.2, -0.15) is 15.6 Å². The number of nitrogens with zero attached hydrogens (tertiary/aromatic N) is 5. The summed E-state index contributed by atoms with van der Waals surface area (Å²) in [5.41, 5.74) is 3.84. The summed E-state index contributed by atoms with van der Waals surface area (Å²) >= 11 is 6.35. The van der Waals surface area contributed by atoms with Gasteiger partial charge in [0, 0.05) is 32.1 Å². The maximum Gasteiger partial charge on any atom is 0.237 e. The van der Waals surface area contributed by atoms with Gasteiger partial charge in [-0.3, -0.25) is 10.2 Å². The van der Waals surface area contributed by atoms with Gasteiger partial charge in [-0.1, -0.05) is 31.5 Å². The lowest BCUT2D eigenvalue weighted by molar-refractivity contribution is -0.134. The Morgan fingerprint density at radius 1 is 1.24 bits per heavy atom. The molecule has 1 heterocycles. The number of anilines is 2. The van der Waals surface area contributed by atoms with Gasteiger partial charge in [0.15, 0.2) is 0 Å². The van der Waals surface area contributed by atoms with Crippen LogP contribution in [0.5, 0.6) is 0 Å². The van der Waals surface area contributed by atoms with Crippen LogP contribution in [-0.4, -0.2) is 42.7 Å². The highest BCUT2D eigenvalue weighted by atomic mass is 35.5. The summed E-state index contributed by atoms with van der Waals surface area (Å²) < 4.78 is 0. The standard InChI is InChI=1S/C17H19ClN6O/c1-12(2)17(25)24-8-6-23(7-9-24)16-14(18)4-3-5-15(16)22-21-13(10-19)11-20/h3-5,12,22H,6-9H2,1-2H3. The maximum absolute atomic E-state index is 12.1. The van der Waals surface area contributed by atoms with Crippen LogP contribution in [0.3, 0.4) is 0 Å². The van der Waals surface area contributed by atoms with E-state index in [1.807, 2.05) is 18.7 Å². The van der Waals surface area contributed by atoms with E-state index in [1.54, 1.807) is 30.3 Å². The summed E-state index contributed by atoms with van der Waals surface area (Å²) in [6, 6.07) is 8.72. The molecule has 0 aromatic heterocycles. The number of benzene rings is 1. The van der Waals surface area contributed by atoms with Gasteiger partial charge >= 0.3 is 0 Å². The van der Waals surface area contributed by atoms with E-state index in [1.165, 1.54) is 0 Å². The maximum atomic E-state index is 12.1. The molecule has 1 saturated heterocycles. The average molecular weight is 359 g/mol. The molecule has 130 valence electrons. The summed E-state index contributed by atoms with van der Waals surface area (Å²) in [5.74, 6) is 0.128. The second-order valence-corrected chi connectivity index (χ2v) is 6.31. The fraction of sp³-hybridized carbons (Fsp3) is 0.412. The van der Waals surface area contributed by atoms with Gasteiger partial charge < -0.3 is 9.80 Å². The zero-order chi connectivity index (χ0) is 18.4. The Morgan fingerprint density at radius 3 is 2.44 bits per heavy atom. The lowest BCUT2D eigenvalue weighted by Crippen LogP contribution is -2.50. The van der Waals surface area contributed by atoms with Crippen molar-refractivity contribution in [1.82, 2.24) is 4.90 Å². The topological polar surface area (TPSA) is 95.5 Å². The van der Waals surface area contributed by atoms with Crippen molar-refractivity contribution in [3.05, 3.63) is 23.2 Å². The van der Waals surface area contributed by atoms with E-state index < -0.39 is 0 Å². The number of carbonyl (C=O) groups is 1. The van der Waals surface area contributed by atoms with Crippen LogP contribution in [0.1, 0.15) is 13.8 Å². The highest BCUT2D eigenvalue weighted by Gasteiger charge is 2.25. The Bertz CT molecular complexity index is 737. The molecule has 0 unspecified atom stereocenters. The van der Waals surface area contributed by atoms with E-state index in [2.05, 4.69) is 15.4 Å². The Kier molecular flexibility index (Phi) is 6.21.